The summed E-state index contributed by atoms with van der Waals surface area (Å²) in [6.45, 7) is 3.98. The topological polar surface area (TPSA) is 105 Å². The lowest BCUT2D eigenvalue weighted by Gasteiger charge is -2.07. The van der Waals surface area contributed by atoms with Crippen LogP contribution in [0.25, 0.3) is 5.57 Å². The lowest BCUT2D eigenvalue weighted by atomic mass is 10.0. The van der Waals surface area contributed by atoms with E-state index >= 15 is 0 Å². The molecular weight excluding hydrogens is 380 g/mol. The molecule has 3 rings (SSSR count). The van der Waals surface area contributed by atoms with Crippen LogP contribution in [-0.4, -0.2) is 31.1 Å². The fourth-order valence-corrected chi connectivity index (χ4v) is 2.98. The summed E-state index contributed by atoms with van der Waals surface area (Å²) >= 11 is 0. The van der Waals surface area contributed by atoms with Gasteiger partial charge in [0.15, 0.2) is 11.6 Å². The molecule has 2 aromatic rings. The Bertz CT molecular complexity index is 1050. The molecule has 2 N–H and O–H groups in total. The summed E-state index contributed by atoms with van der Waals surface area (Å²) in [5.74, 6) is 0.606. The van der Waals surface area contributed by atoms with Crippen molar-refractivity contribution in [3.8, 4) is 5.75 Å². The Kier molecular flexibility index (Phi) is 7.43. The van der Waals surface area contributed by atoms with E-state index in [-0.39, 0.29) is 11.2 Å². The van der Waals surface area contributed by atoms with Gasteiger partial charge in [-0.25, -0.2) is 9.97 Å². The van der Waals surface area contributed by atoms with Gasteiger partial charge in [-0.2, -0.15) is 10.2 Å². The number of aromatic hydroxyl groups is 1. The summed E-state index contributed by atoms with van der Waals surface area (Å²) in [6, 6.07) is 1.54. The standard InChI is InChI=1S/C22H24N6O2/c1-2-25-26-11-13-28-12-10-21(30)20(27-28)9-5-7-17-6-3-4-8-18(14-17)22-23-15-19(29)16-24-22/h2-4,8,10-12,14-16,25,29H,1,5-7,9,13H2/b26-11-. The summed E-state index contributed by atoms with van der Waals surface area (Å²) in [5.41, 5.74) is 5.24. The predicted molar refractivity (Wildman–Crippen MR) is 117 cm³/mol. The molecule has 2 aromatic heterocycles. The third-order valence-corrected chi connectivity index (χ3v) is 4.42. The maximum Gasteiger partial charge on any atom is 0.203 e. The molecule has 0 amide bonds. The van der Waals surface area contributed by atoms with Crippen LogP contribution in [0.3, 0.4) is 0 Å². The van der Waals surface area contributed by atoms with Crippen LogP contribution in [0.2, 0.25) is 0 Å². The summed E-state index contributed by atoms with van der Waals surface area (Å²) in [4.78, 5) is 20.5. The van der Waals surface area contributed by atoms with Crippen molar-refractivity contribution in [1.82, 2.24) is 25.2 Å². The highest BCUT2D eigenvalue weighted by Gasteiger charge is 2.08. The zero-order valence-corrected chi connectivity index (χ0v) is 16.6. The molecule has 0 atom stereocenters. The molecular formula is C22H24N6O2. The second kappa shape index (κ2) is 10.7. The summed E-state index contributed by atoms with van der Waals surface area (Å²) in [5, 5.41) is 17.7. The minimum Gasteiger partial charge on any atom is -0.505 e. The highest BCUT2D eigenvalue weighted by Crippen LogP contribution is 2.22. The van der Waals surface area contributed by atoms with Crippen molar-refractivity contribution in [2.24, 2.45) is 5.10 Å². The van der Waals surface area contributed by atoms with Crippen molar-refractivity contribution in [3.63, 3.8) is 0 Å². The molecule has 1 aliphatic rings. The van der Waals surface area contributed by atoms with Crippen molar-refractivity contribution in [2.45, 2.75) is 32.2 Å². The maximum absolute atomic E-state index is 12.1. The van der Waals surface area contributed by atoms with E-state index in [0.717, 1.165) is 24.8 Å². The Labute approximate surface area is 174 Å². The normalized spacial score (nSPS) is 13.6. The molecule has 2 heterocycles. The highest BCUT2D eigenvalue weighted by atomic mass is 16.3. The van der Waals surface area contributed by atoms with Gasteiger partial charge in [0.25, 0.3) is 0 Å². The minimum atomic E-state index is -0.0553. The zero-order chi connectivity index (χ0) is 21.2. The number of allylic oxidation sites excluding steroid dienone is 6. The number of aromatic nitrogens is 4. The Morgan fingerprint density at radius 1 is 1.30 bits per heavy atom. The van der Waals surface area contributed by atoms with Gasteiger partial charge in [-0.05, 0) is 25.7 Å². The van der Waals surface area contributed by atoms with Crippen molar-refractivity contribution in [3.05, 3.63) is 89.1 Å². The van der Waals surface area contributed by atoms with Crippen LogP contribution in [0, 0.1) is 0 Å². The van der Waals surface area contributed by atoms with Crippen LogP contribution in [0.5, 0.6) is 5.75 Å². The van der Waals surface area contributed by atoms with Gasteiger partial charge in [0, 0.05) is 30.3 Å². The molecule has 0 bridgehead atoms. The maximum atomic E-state index is 12.1. The first-order valence-electron chi connectivity index (χ1n) is 9.68. The Balaban J connectivity index is 1.62. The summed E-state index contributed by atoms with van der Waals surface area (Å²) in [6.07, 6.45) is 18.7. The zero-order valence-electron chi connectivity index (χ0n) is 16.6. The second-order valence-electron chi connectivity index (χ2n) is 6.67. The van der Waals surface area contributed by atoms with Gasteiger partial charge in [-0.15, -0.1) is 0 Å². The van der Waals surface area contributed by atoms with Crippen LogP contribution < -0.4 is 10.9 Å². The third-order valence-electron chi connectivity index (χ3n) is 4.42. The van der Waals surface area contributed by atoms with Crippen molar-refractivity contribution in [2.75, 3.05) is 0 Å². The number of hydrazone groups is 1. The van der Waals surface area contributed by atoms with Crippen LogP contribution in [-0.2, 0) is 13.0 Å². The van der Waals surface area contributed by atoms with Gasteiger partial charge in [-0.1, -0.05) is 36.5 Å². The fraction of sp³-hybridized carbons (Fsp3) is 0.227. The molecule has 0 spiro atoms. The van der Waals surface area contributed by atoms with Crippen molar-refractivity contribution < 1.29 is 5.11 Å². The first-order valence-corrected chi connectivity index (χ1v) is 9.68. The average molecular weight is 404 g/mol. The van der Waals surface area contributed by atoms with Gasteiger partial charge < -0.3 is 5.11 Å². The van der Waals surface area contributed by atoms with E-state index in [9.17, 15) is 9.90 Å². The molecule has 0 saturated carbocycles. The number of hydrogen-bond acceptors (Lipinski definition) is 7. The van der Waals surface area contributed by atoms with Crippen molar-refractivity contribution in [1.29, 1.82) is 0 Å². The van der Waals surface area contributed by atoms with Crippen LogP contribution in [0.1, 0.15) is 30.8 Å². The van der Waals surface area contributed by atoms with Crippen molar-refractivity contribution >= 4 is 11.8 Å². The van der Waals surface area contributed by atoms with E-state index in [1.807, 2.05) is 12.2 Å². The molecule has 0 saturated heterocycles. The molecule has 154 valence electrons. The molecule has 0 unspecified atom stereocenters. The molecule has 8 heteroatoms. The first kappa shape index (κ1) is 20.9. The SMILES string of the molecule is C=CN/N=C\Cn1ccc(=O)c(CCCC2=CC(c3ncc(O)cn3)=CC=CC2)n1. The lowest BCUT2D eigenvalue weighted by Crippen LogP contribution is -2.17. The van der Waals surface area contributed by atoms with E-state index in [1.165, 1.54) is 30.2 Å². The smallest absolute Gasteiger partial charge is 0.203 e. The molecule has 0 radical (unpaired) electrons. The second-order valence-corrected chi connectivity index (χ2v) is 6.67. The largest absolute Gasteiger partial charge is 0.505 e. The molecule has 0 aromatic carbocycles. The molecule has 8 nitrogen and oxygen atoms in total. The number of nitrogens with zero attached hydrogens (tertiary/aromatic N) is 5. The lowest BCUT2D eigenvalue weighted by molar-refractivity contribution is 0.469. The predicted octanol–water partition coefficient (Wildman–Crippen LogP) is 2.75. The van der Waals surface area contributed by atoms with Gasteiger partial charge in [0.1, 0.15) is 5.69 Å². The van der Waals surface area contributed by atoms with E-state index in [0.29, 0.717) is 24.5 Å². The molecule has 0 fully saturated rings. The first-order chi connectivity index (χ1) is 14.7. The van der Waals surface area contributed by atoms with Crippen LogP contribution in [0.15, 0.2) is 77.2 Å². The average Bonchev–Trinajstić information content (AvgIpc) is 2.99. The van der Waals surface area contributed by atoms with Gasteiger partial charge >= 0.3 is 0 Å². The summed E-state index contributed by atoms with van der Waals surface area (Å²) < 4.78 is 1.68. The van der Waals surface area contributed by atoms with Crippen LogP contribution >= 0.6 is 0 Å². The Morgan fingerprint density at radius 2 is 2.13 bits per heavy atom. The third kappa shape index (κ3) is 6.10. The number of hydrogen-bond donors (Lipinski definition) is 2. The Morgan fingerprint density at radius 3 is 2.93 bits per heavy atom. The van der Waals surface area contributed by atoms with E-state index in [4.69, 9.17) is 0 Å². The number of aryl methyl sites for hydroxylation is 1. The Hall–Kier alpha value is -3.81. The van der Waals surface area contributed by atoms with E-state index in [2.05, 4.69) is 44.3 Å². The fourth-order valence-electron chi connectivity index (χ4n) is 2.98. The van der Waals surface area contributed by atoms with Crippen LogP contribution in [0.4, 0.5) is 0 Å². The molecule has 30 heavy (non-hydrogen) atoms. The monoisotopic (exact) mass is 404 g/mol. The molecule has 0 aliphatic heterocycles. The van der Waals surface area contributed by atoms with Gasteiger partial charge in [0.2, 0.25) is 5.43 Å². The van der Waals surface area contributed by atoms with Gasteiger partial charge in [0.05, 0.1) is 18.9 Å². The summed E-state index contributed by atoms with van der Waals surface area (Å²) in [7, 11) is 0. The quantitative estimate of drug-likeness (QED) is 0.492. The highest BCUT2D eigenvalue weighted by molar-refractivity contribution is 5.72. The minimum absolute atomic E-state index is 0.0389. The van der Waals surface area contributed by atoms with E-state index < -0.39 is 0 Å². The van der Waals surface area contributed by atoms with Gasteiger partial charge in [-0.3, -0.25) is 14.9 Å². The number of rotatable bonds is 9. The number of nitrogens with one attached hydrogen (secondary N) is 1. The van der Waals surface area contributed by atoms with E-state index in [1.54, 1.807) is 17.1 Å². The molecule has 1 aliphatic carbocycles.